The van der Waals surface area contributed by atoms with Crippen LogP contribution in [-0.2, 0) is 9.53 Å². The summed E-state index contributed by atoms with van der Waals surface area (Å²) in [4.78, 5) is 22.2. The lowest BCUT2D eigenvalue weighted by atomic mass is 10.2. The third kappa shape index (κ3) is 4.34. The van der Waals surface area contributed by atoms with E-state index in [0.29, 0.717) is 0 Å². The summed E-state index contributed by atoms with van der Waals surface area (Å²) in [5, 5.41) is 2.15. The van der Waals surface area contributed by atoms with Gasteiger partial charge in [-0.15, -0.1) is 0 Å². The number of esters is 1. The van der Waals surface area contributed by atoms with Crippen LogP contribution < -0.4 is 10.1 Å². The van der Waals surface area contributed by atoms with Crippen molar-refractivity contribution in [2.45, 2.75) is 20.0 Å². The fourth-order valence-electron chi connectivity index (χ4n) is 1.23. The number of benzene rings is 1. The van der Waals surface area contributed by atoms with Gasteiger partial charge in [0.1, 0.15) is 0 Å². The molecule has 0 aliphatic carbocycles. The Hall–Kier alpha value is -2.44. The number of carbonyl (C=O) groups excluding carboxylic acids is 2. The standard InChI is InChI=1S/C13H13F2NO4/c1-4-11(17)20-12-9(14)5-8(6-10(12)15)16-13(18)19-7(2)3/h4-7H,1H2,2-3H3,(H,16,18). The Kier molecular flexibility index (Phi) is 5.19. The molecule has 0 spiro atoms. The topological polar surface area (TPSA) is 64.6 Å². The van der Waals surface area contributed by atoms with Crippen molar-refractivity contribution in [2.24, 2.45) is 0 Å². The molecule has 0 aromatic heterocycles. The van der Waals surface area contributed by atoms with Crippen molar-refractivity contribution in [1.29, 1.82) is 0 Å². The molecule has 1 amide bonds. The second-order valence-electron chi connectivity index (χ2n) is 3.97. The highest BCUT2D eigenvalue weighted by atomic mass is 19.1. The lowest BCUT2D eigenvalue weighted by Gasteiger charge is -2.11. The maximum Gasteiger partial charge on any atom is 0.411 e. The van der Waals surface area contributed by atoms with Crippen molar-refractivity contribution in [2.75, 3.05) is 5.32 Å². The molecule has 0 fully saturated rings. The minimum Gasteiger partial charge on any atom is -0.447 e. The molecule has 0 radical (unpaired) electrons. The fraction of sp³-hybridized carbons (Fsp3) is 0.231. The highest BCUT2D eigenvalue weighted by Crippen LogP contribution is 2.26. The van der Waals surface area contributed by atoms with E-state index in [0.717, 1.165) is 18.2 Å². The van der Waals surface area contributed by atoms with Gasteiger partial charge in [-0.3, -0.25) is 5.32 Å². The molecule has 1 rings (SSSR count). The van der Waals surface area contributed by atoms with Crippen molar-refractivity contribution in [3.63, 3.8) is 0 Å². The number of anilines is 1. The van der Waals surface area contributed by atoms with E-state index in [1.165, 1.54) is 0 Å². The van der Waals surface area contributed by atoms with E-state index in [9.17, 15) is 18.4 Å². The van der Waals surface area contributed by atoms with E-state index in [4.69, 9.17) is 4.74 Å². The fourth-order valence-corrected chi connectivity index (χ4v) is 1.23. The zero-order valence-electron chi connectivity index (χ0n) is 10.9. The number of rotatable bonds is 4. The zero-order valence-corrected chi connectivity index (χ0v) is 10.9. The third-order valence-electron chi connectivity index (χ3n) is 1.96. The van der Waals surface area contributed by atoms with Crippen molar-refractivity contribution in [3.8, 4) is 5.75 Å². The summed E-state index contributed by atoms with van der Waals surface area (Å²) in [6.45, 7) is 6.35. The number of hydrogen-bond donors (Lipinski definition) is 1. The molecular formula is C13H13F2NO4. The maximum absolute atomic E-state index is 13.6. The van der Waals surface area contributed by atoms with Crippen LogP contribution >= 0.6 is 0 Å². The smallest absolute Gasteiger partial charge is 0.411 e. The van der Waals surface area contributed by atoms with Crippen LogP contribution in [0.3, 0.4) is 0 Å². The van der Waals surface area contributed by atoms with Gasteiger partial charge >= 0.3 is 12.1 Å². The minimum absolute atomic E-state index is 0.163. The van der Waals surface area contributed by atoms with Crippen LogP contribution in [0.5, 0.6) is 5.75 Å². The van der Waals surface area contributed by atoms with E-state index in [1.54, 1.807) is 13.8 Å². The molecule has 0 unspecified atom stereocenters. The first-order chi connectivity index (χ1) is 9.33. The summed E-state index contributed by atoms with van der Waals surface area (Å²) in [5.74, 6) is -4.14. The summed E-state index contributed by atoms with van der Waals surface area (Å²) >= 11 is 0. The van der Waals surface area contributed by atoms with E-state index < -0.39 is 29.4 Å². The Morgan fingerprint density at radius 2 is 1.85 bits per heavy atom. The molecule has 5 nitrogen and oxygen atoms in total. The van der Waals surface area contributed by atoms with Gasteiger partial charge in [-0.2, -0.15) is 0 Å². The van der Waals surface area contributed by atoms with Gasteiger partial charge in [0.2, 0.25) is 5.75 Å². The van der Waals surface area contributed by atoms with E-state index >= 15 is 0 Å². The maximum atomic E-state index is 13.6. The molecule has 20 heavy (non-hydrogen) atoms. The van der Waals surface area contributed by atoms with Crippen LogP contribution in [0.25, 0.3) is 0 Å². The van der Waals surface area contributed by atoms with Crippen molar-refractivity contribution < 1.29 is 27.8 Å². The average molecular weight is 285 g/mol. The van der Waals surface area contributed by atoms with Gasteiger partial charge in [-0.1, -0.05) is 6.58 Å². The normalized spacial score (nSPS) is 10.1. The molecule has 0 heterocycles. The first kappa shape index (κ1) is 15.6. The molecule has 0 aliphatic heterocycles. The third-order valence-corrected chi connectivity index (χ3v) is 1.96. The Morgan fingerprint density at radius 3 is 2.30 bits per heavy atom. The number of nitrogens with one attached hydrogen (secondary N) is 1. The summed E-state index contributed by atoms with van der Waals surface area (Å²) < 4.78 is 36.3. The minimum atomic E-state index is -1.14. The number of amides is 1. The number of halogens is 2. The lowest BCUT2D eigenvalue weighted by Crippen LogP contribution is -2.18. The van der Waals surface area contributed by atoms with Crippen LogP contribution in [0.1, 0.15) is 13.8 Å². The summed E-state index contributed by atoms with van der Waals surface area (Å²) in [6.07, 6.45) is -0.461. The molecule has 0 saturated carbocycles. The monoisotopic (exact) mass is 285 g/mol. The van der Waals surface area contributed by atoms with Gasteiger partial charge in [0.05, 0.1) is 11.8 Å². The molecule has 1 aromatic carbocycles. The van der Waals surface area contributed by atoms with Crippen LogP contribution in [0.4, 0.5) is 19.3 Å². The highest BCUT2D eigenvalue weighted by molar-refractivity contribution is 5.85. The Morgan fingerprint density at radius 1 is 1.30 bits per heavy atom. The first-order valence-corrected chi connectivity index (χ1v) is 5.64. The Bertz CT molecular complexity index is 520. The van der Waals surface area contributed by atoms with Gasteiger partial charge in [0.25, 0.3) is 0 Å². The molecule has 108 valence electrons. The summed E-state index contributed by atoms with van der Waals surface area (Å²) in [7, 11) is 0. The Balaban J connectivity index is 2.90. The number of ether oxygens (including phenoxy) is 2. The quantitative estimate of drug-likeness (QED) is 0.524. The second-order valence-corrected chi connectivity index (χ2v) is 3.97. The predicted octanol–water partition coefficient (Wildman–Crippen LogP) is 3.01. The van der Waals surface area contributed by atoms with Crippen LogP contribution in [-0.4, -0.2) is 18.2 Å². The number of hydrogen-bond acceptors (Lipinski definition) is 4. The molecule has 0 saturated heterocycles. The van der Waals surface area contributed by atoms with E-state index in [2.05, 4.69) is 16.6 Å². The average Bonchev–Trinajstić information content (AvgIpc) is 2.32. The molecule has 0 aliphatic rings. The first-order valence-electron chi connectivity index (χ1n) is 5.64. The largest absolute Gasteiger partial charge is 0.447 e. The number of carbonyl (C=O) groups is 2. The predicted molar refractivity (Wildman–Crippen MR) is 67.4 cm³/mol. The molecule has 0 bridgehead atoms. The summed E-state index contributed by atoms with van der Waals surface area (Å²) in [5.41, 5.74) is -0.163. The van der Waals surface area contributed by atoms with E-state index in [-0.39, 0.29) is 11.8 Å². The molecule has 0 atom stereocenters. The SMILES string of the molecule is C=CC(=O)Oc1c(F)cc(NC(=O)OC(C)C)cc1F. The van der Waals surface area contributed by atoms with Gasteiger partial charge in [-0.05, 0) is 13.8 Å². The van der Waals surface area contributed by atoms with E-state index in [1.807, 2.05) is 0 Å². The lowest BCUT2D eigenvalue weighted by molar-refractivity contribution is -0.129. The van der Waals surface area contributed by atoms with Gasteiger partial charge in [0, 0.05) is 18.2 Å². The van der Waals surface area contributed by atoms with Gasteiger partial charge in [-0.25, -0.2) is 18.4 Å². The molecular weight excluding hydrogens is 272 g/mol. The Labute approximate surface area is 114 Å². The van der Waals surface area contributed by atoms with Crippen molar-refractivity contribution in [1.82, 2.24) is 0 Å². The van der Waals surface area contributed by atoms with Crippen LogP contribution in [0.15, 0.2) is 24.8 Å². The molecule has 1 aromatic rings. The second kappa shape index (κ2) is 6.65. The molecule has 7 heteroatoms. The molecule has 1 N–H and O–H groups in total. The van der Waals surface area contributed by atoms with Gasteiger partial charge < -0.3 is 9.47 Å². The van der Waals surface area contributed by atoms with Crippen molar-refractivity contribution >= 4 is 17.7 Å². The van der Waals surface area contributed by atoms with Crippen LogP contribution in [0, 0.1) is 11.6 Å². The highest BCUT2D eigenvalue weighted by Gasteiger charge is 2.16. The van der Waals surface area contributed by atoms with Gasteiger partial charge in [0.15, 0.2) is 11.6 Å². The van der Waals surface area contributed by atoms with Crippen LogP contribution in [0.2, 0.25) is 0 Å². The zero-order chi connectivity index (χ0) is 15.3. The van der Waals surface area contributed by atoms with Crippen molar-refractivity contribution in [3.05, 3.63) is 36.4 Å². The summed E-state index contributed by atoms with van der Waals surface area (Å²) in [6, 6.07) is 1.60.